The molecule has 3 aromatic heterocycles. The molecule has 2 aromatic carbocycles. The number of nitrogens with one attached hydrogen (secondary N) is 1. The Bertz CT molecular complexity index is 1940. The van der Waals surface area contributed by atoms with E-state index >= 15 is 4.39 Å². The molecular formula is C31H27F2N7O5. The van der Waals surface area contributed by atoms with Crippen molar-refractivity contribution in [2.24, 2.45) is 5.73 Å². The fourth-order valence-corrected chi connectivity index (χ4v) is 5.10. The van der Waals surface area contributed by atoms with E-state index in [-0.39, 0.29) is 47.9 Å². The van der Waals surface area contributed by atoms with E-state index in [0.717, 1.165) is 10.7 Å². The lowest BCUT2D eigenvalue weighted by Gasteiger charge is -2.31. The van der Waals surface area contributed by atoms with Gasteiger partial charge in [0.15, 0.2) is 23.0 Å². The van der Waals surface area contributed by atoms with Gasteiger partial charge >= 0.3 is 0 Å². The molecule has 45 heavy (non-hydrogen) atoms. The minimum atomic E-state index is -0.730. The van der Waals surface area contributed by atoms with Gasteiger partial charge < -0.3 is 20.1 Å². The van der Waals surface area contributed by atoms with Crippen LogP contribution >= 0.6 is 0 Å². The molecule has 1 amide bonds. The molecule has 0 aliphatic carbocycles. The third-order valence-corrected chi connectivity index (χ3v) is 7.44. The zero-order chi connectivity index (χ0) is 31.5. The summed E-state index contributed by atoms with van der Waals surface area (Å²) in [6.07, 6.45) is 3.49. The molecule has 0 saturated carbocycles. The molecular weight excluding hydrogens is 588 g/mol. The average Bonchev–Trinajstić information content (AvgIpc) is 3.46. The number of H-pyrrole nitrogens is 1. The van der Waals surface area contributed by atoms with Crippen LogP contribution in [0.4, 0.5) is 8.78 Å². The van der Waals surface area contributed by atoms with E-state index < -0.39 is 23.0 Å². The number of hydrogen-bond acceptors (Lipinski definition) is 9. The van der Waals surface area contributed by atoms with Crippen LogP contribution in [0, 0.1) is 11.6 Å². The molecule has 1 aliphatic rings. The van der Waals surface area contributed by atoms with Crippen LogP contribution in [0.2, 0.25) is 0 Å². The van der Waals surface area contributed by atoms with Gasteiger partial charge in [0.1, 0.15) is 23.1 Å². The lowest BCUT2D eigenvalue weighted by Crippen LogP contribution is -2.44. The number of ether oxygens (including phenoxy) is 2. The molecule has 0 radical (unpaired) electrons. The van der Waals surface area contributed by atoms with E-state index in [9.17, 15) is 18.8 Å². The van der Waals surface area contributed by atoms with Crippen molar-refractivity contribution in [1.29, 1.82) is 0 Å². The summed E-state index contributed by atoms with van der Waals surface area (Å²) < 4.78 is 41.6. The first-order valence-corrected chi connectivity index (χ1v) is 14.1. The van der Waals surface area contributed by atoms with Gasteiger partial charge in [-0.3, -0.25) is 19.5 Å². The van der Waals surface area contributed by atoms with Gasteiger partial charge in [0.2, 0.25) is 11.8 Å². The summed E-state index contributed by atoms with van der Waals surface area (Å²) >= 11 is 0. The maximum absolute atomic E-state index is 15.3. The van der Waals surface area contributed by atoms with Gasteiger partial charge in [0.25, 0.3) is 5.56 Å². The smallest absolute Gasteiger partial charge is 0.282 e. The summed E-state index contributed by atoms with van der Waals surface area (Å²) in [4.78, 5) is 43.8. The van der Waals surface area contributed by atoms with Crippen LogP contribution in [0.25, 0.3) is 16.7 Å². The molecule has 12 nitrogen and oxygen atoms in total. The summed E-state index contributed by atoms with van der Waals surface area (Å²) in [5.74, 6) is -1.48. The van der Waals surface area contributed by atoms with Crippen molar-refractivity contribution in [3.8, 4) is 23.1 Å². The second-order valence-corrected chi connectivity index (χ2v) is 10.4. The van der Waals surface area contributed by atoms with Gasteiger partial charge in [0.05, 0.1) is 17.8 Å². The predicted octanol–water partition coefficient (Wildman–Crippen LogP) is 3.33. The lowest BCUT2D eigenvalue weighted by molar-refractivity contribution is -0.131. The number of hydrogen-bond donors (Lipinski definition) is 2. The highest BCUT2D eigenvalue weighted by Gasteiger charge is 2.26. The molecule has 1 fully saturated rings. The van der Waals surface area contributed by atoms with Gasteiger partial charge in [-0.2, -0.15) is 9.78 Å². The van der Waals surface area contributed by atoms with Gasteiger partial charge in [-0.15, -0.1) is 5.10 Å². The van der Waals surface area contributed by atoms with Crippen LogP contribution < -0.4 is 20.8 Å². The van der Waals surface area contributed by atoms with Gasteiger partial charge in [0, 0.05) is 50.8 Å². The Morgan fingerprint density at radius 2 is 1.78 bits per heavy atom. The molecule has 14 heteroatoms. The number of likely N-dealkylation sites (tertiary alicyclic amines) is 1. The number of nitrogens with zero attached hydrogens (tertiary/aromatic N) is 5. The molecule has 4 heterocycles. The van der Waals surface area contributed by atoms with E-state index in [2.05, 4.69) is 20.3 Å². The van der Waals surface area contributed by atoms with Crippen LogP contribution in [-0.4, -0.2) is 67.3 Å². The first-order chi connectivity index (χ1) is 21.8. The normalized spacial score (nSPS) is 13.6. The Balaban J connectivity index is 1.17. The number of carbonyl (C=O) groups is 2. The average molecular weight is 616 g/mol. The quantitative estimate of drug-likeness (QED) is 0.237. The molecule has 3 N–H and O–H groups in total. The molecule has 0 unspecified atom stereocenters. The Morgan fingerprint density at radius 1 is 1.00 bits per heavy atom. The molecule has 5 aromatic rings. The van der Waals surface area contributed by atoms with Crippen molar-refractivity contribution in [3.63, 3.8) is 0 Å². The highest BCUT2D eigenvalue weighted by molar-refractivity contribution is 5.97. The third kappa shape index (κ3) is 6.26. The lowest BCUT2D eigenvalue weighted by atomic mass is 10.0. The predicted molar refractivity (Wildman–Crippen MR) is 157 cm³/mol. The molecule has 0 atom stereocenters. The number of benzene rings is 2. The van der Waals surface area contributed by atoms with E-state index in [4.69, 9.17) is 15.2 Å². The van der Waals surface area contributed by atoms with E-state index in [0.29, 0.717) is 48.2 Å². The first kappa shape index (κ1) is 29.6. The molecule has 0 spiro atoms. The Labute approximate surface area is 254 Å². The number of halogens is 2. The minimum absolute atomic E-state index is 0.0413. The van der Waals surface area contributed by atoms with E-state index in [1.165, 1.54) is 54.9 Å². The summed E-state index contributed by atoms with van der Waals surface area (Å²) in [7, 11) is 0. The third-order valence-electron chi connectivity index (χ3n) is 7.44. The highest BCUT2D eigenvalue weighted by Crippen LogP contribution is 2.36. The number of piperidine rings is 1. The largest absolute Gasteiger partial charge is 0.473 e. The summed E-state index contributed by atoms with van der Waals surface area (Å²) in [5, 5.41) is 11.4. The Kier molecular flexibility index (Phi) is 8.29. The monoisotopic (exact) mass is 615 g/mol. The van der Waals surface area contributed by atoms with Crippen molar-refractivity contribution in [2.75, 3.05) is 19.6 Å². The van der Waals surface area contributed by atoms with Gasteiger partial charge in [-0.05, 0) is 48.0 Å². The standard InChI is InChI=1S/C31H27F2N7O5/c32-19-2-4-20(5-3-19)40-31(43)22(7-12-36-40)24(41)16-18-1-6-25(23(33)15-18)45-26-8-11-35-29-28(26)30(38-37-29)44-21-9-13-39(14-10-21)27(42)17-34/h1-8,11-12,15,21H,9-10,13-14,16-17,34H2,(H,35,37,38). The van der Waals surface area contributed by atoms with Gasteiger partial charge in [-0.1, -0.05) is 6.07 Å². The minimum Gasteiger partial charge on any atom is -0.473 e. The van der Waals surface area contributed by atoms with Crippen LogP contribution in [-0.2, 0) is 11.2 Å². The number of ketones is 1. The second-order valence-electron chi connectivity index (χ2n) is 10.4. The number of pyridine rings is 1. The van der Waals surface area contributed by atoms with Crippen LogP contribution in [0.15, 0.2) is 71.8 Å². The summed E-state index contributed by atoms with van der Waals surface area (Å²) in [6.45, 7) is 0.979. The molecule has 0 bridgehead atoms. The highest BCUT2D eigenvalue weighted by atomic mass is 19.1. The van der Waals surface area contributed by atoms with Crippen LogP contribution in [0.3, 0.4) is 0 Å². The number of aromatic amines is 1. The first-order valence-electron chi connectivity index (χ1n) is 14.1. The molecule has 1 saturated heterocycles. The number of amides is 1. The number of fused-ring (bicyclic) bond motifs is 1. The number of Topliss-reactive ketones (excluding diaryl/α,β-unsaturated/α-hetero) is 1. The topological polar surface area (TPSA) is 158 Å². The molecule has 1 aliphatic heterocycles. The Hall–Kier alpha value is -5.50. The van der Waals surface area contributed by atoms with Crippen molar-refractivity contribution >= 4 is 22.7 Å². The summed E-state index contributed by atoms with van der Waals surface area (Å²) in [5.41, 5.74) is 5.64. The van der Waals surface area contributed by atoms with E-state index in [1.807, 2.05) is 0 Å². The van der Waals surface area contributed by atoms with Crippen molar-refractivity contribution in [3.05, 3.63) is 100 Å². The van der Waals surface area contributed by atoms with Gasteiger partial charge in [-0.25, -0.2) is 13.8 Å². The number of nitrogens with two attached hydrogens (primary N) is 1. The maximum Gasteiger partial charge on any atom is 0.282 e. The maximum atomic E-state index is 15.3. The summed E-state index contributed by atoms with van der Waals surface area (Å²) in [6, 6.07) is 12.0. The van der Waals surface area contributed by atoms with Crippen LogP contribution in [0.5, 0.6) is 17.4 Å². The fraction of sp³-hybridized carbons (Fsp3) is 0.226. The van der Waals surface area contributed by atoms with Crippen molar-refractivity contribution < 1.29 is 27.8 Å². The number of aromatic nitrogens is 5. The fourth-order valence-electron chi connectivity index (χ4n) is 5.10. The van der Waals surface area contributed by atoms with Crippen molar-refractivity contribution in [2.45, 2.75) is 25.4 Å². The number of rotatable bonds is 9. The zero-order valence-electron chi connectivity index (χ0n) is 23.8. The Morgan fingerprint density at radius 3 is 2.51 bits per heavy atom. The zero-order valence-corrected chi connectivity index (χ0v) is 23.8. The van der Waals surface area contributed by atoms with Crippen LogP contribution in [0.1, 0.15) is 28.8 Å². The number of carbonyl (C=O) groups excluding carboxylic acids is 2. The molecule has 230 valence electrons. The van der Waals surface area contributed by atoms with E-state index in [1.54, 1.807) is 11.0 Å². The van der Waals surface area contributed by atoms with Crippen molar-refractivity contribution in [1.82, 2.24) is 29.9 Å². The second kappa shape index (κ2) is 12.6. The molecule has 6 rings (SSSR count). The SMILES string of the molecule is NCC(=O)N1CCC(Oc2n[nH]c3nccc(Oc4ccc(CC(=O)c5ccnn(-c6ccc(F)cc6)c5=O)cc4F)c23)CC1.